The van der Waals surface area contributed by atoms with Crippen LogP contribution in [0.25, 0.3) is 5.78 Å². The van der Waals surface area contributed by atoms with E-state index in [0.717, 1.165) is 25.0 Å². The van der Waals surface area contributed by atoms with Gasteiger partial charge in [-0.05, 0) is 31.5 Å². The Morgan fingerprint density at radius 3 is 2.70 bits per heavy atom. The van der Waals surface area contributed by atoms with E-state index in [2.05, 4.69) is 15.1 Å². The Bertz CT molecular complexity index is 1000. The van der Waals surface area contributed by atoms with Crippen molar-refractivity contribution >= 4 is 17.4 Å². The molecule has 0 aliphatic carbocycles. The predicted molar refractivity (Wildman–Crippen MR) is 93.1 cm³/mol. The number of rotatable bonds is 4. The fourth-order valence-electron chi connectivity index (χ4n) is 3.50. The highest BCUT2D eigenvalue weighted by molar-refractivity contribution is 5.49. The molecule has 27 heavy (non-hydrogen) atoms. The molecule has 1 aliphatic rings. The Labute approximate surface area is 152 Å². The molecular formula is C17H18F3N7. The third-order valence-corrected chi connectivity index (χ3v) is 4.82. The maximum Gasteiger partial charge on any atom is 0.256 e. The van der Waals surface area contributed by atoms with Crippen LogP contribution in [0.15, 0.2) is 18.2 Å². The first-order chi connectivity index (χ1) is 12.9. The number of anilines is 2. The lowest BCUT2D eigenvalue weighted by molar-refractivity contribution is 0.233. The Morgan fingerprint density at radius 1 is 1.11 bits per heavy atom. The molecule has 0 radical (unpaired) electrons. The molecule has 4 N–H and O–H groups in total. The fraction of sp³-hybridized carbons (Fsp3) is 0.353. The molecule has 1 aliphatic heterocycles. The van der Waals surface area contributed by atoms with Gasteiger partial charge in [-0.2, -0.15) is 14.5 Å². The maximum absolute atomic E-state index is 14.0. The third kappa shape index (κ3) is 3.27. The average molecular weight is 377 g/mol. The average Bonchev–Trinajstić information content (AvgIpc) is 3.22. The van der Waals surface area contributed by atoms with Crippen LogP contribution in [0.4, 0.5) is 24.8 Å². The molecule has 1 saturated heterocycles. The normalized spacial score (nSPS) is 17.8. The van der Waals surface area contributed by atoms with Gasteiger partial charge in [0.1, 0.15) is 17.5 Å². The van der Waals surface area contributed by atoms with Gasteiger partial charge in [0.05, 0.1) is 0 Å². The van der Waals surface area contributed by atoms with Crippen molar-refractivity contribution in [2.75, 3.05) is 18.0 Å². The standard InChI is InChI=1S/C17H18F3N7/c18-11-3-4-12(19)16(20)10(11)8-26-5-1-2-9(26)6-15-24-17-23-13(21)7-14(22)27(17)25-15/h3-4,7,9H,1-2,5-6,8,22H2,(H2,21,23,24,25). The van der Waals surface area contributed by atoms with E-state index in [1.54, 1.807) is 0 Å². The molecule has 3 aromatic rings. The Morgan fingerprint density at radius 2 is 1.89 bits per heavy atom. The van der Waals surface area contributed by atoms with Crippen molar-refractivity contribution < 1.29 is 13.2 Å². The van der Waals surface area contributed by atoms with Gasteiger partial charge in [0, 0.05) is 30.6 Å². The van der Waals surface area contributed by atoms with Crippen LogP contribution in [-0.2, 0) is 13.0 Å². The number of hydrogen-bond acceptors (Lipinski definition) is 6. The zero-order chi connectivity index (χ0) is 19.1. The van der Waals surface area contributed by atoms with Gasteiger partial charge in [-0.15, -0.1) is 5.10 Å². The summed E-state index contributed by atoms with van der Waals surface area (Å²) < 4.78 is 42.8. The molecule has 0 spiro atoms. The Balaban J connectivity index is 1.56. The van der Waals surface area contributed by atoms with Crippen molar-refractivity contribution in [3.8, 4) is 0 Å². The number of nitrogens with two attached hydrogens (primary N) is 2. The van der Waals surface area contributed by atoms with E-state index in [1.165, 1.54) is 10.6 Å². The van der Waals surface area contributed by atoms with Crippen LogP contribution in [0, 0.1) is 17.5 Å². The summed E-state index contributed by atoms with van der Waals surface area (Å²) in [6, 6.07) is 3.20. The fourth-order valence-corrected chi connectivity index (χ4v) is 3.50. The third-order valence-electron chi connectivity index (χ3n) is 4.82. The zero-order valence-corrected chi connectivity index (χ0v) is 14.4. The Kier molecular flexibility index (Phi) is 4.34. The van der Waals surface area contributed by atoms with Gasteiger partial charge < -0.3 is 11.5 Å². The molecule has 4 rings (SSSR count). The largest absolute Gasteiger partial charge is 0.383 e. The van der Waals surface area contributed by atoms with E-state index in [1.807, 2.05) is 4.90 Å². The summed E-state index contributed by atoms with van der Waals surface area (Å²) in [5, 5.41) is 4.34. The van der Waals surface area contributed by atoms with Gasteiger partial charge >= 0.3 is 0 Å². The number of nitrogens with zero attached hydrogens (tertiary/aromatic N) is 5. The van der Waals surface area contributed by atoms with Crippen LogP contribution in [-0.4, -0.2) is 37.1 Å². The Hall–Kier alpha value is -2.88. The van der Waals surface area contributed by atoms with Gasteiger partial charge in [-0.3, -0.25) is 4.90 Å². The number of halogens is 3. The summed E-state index contributed by atoms with van der Waals surface area (Å²) in [7, 11) is 0. The molecule has 1 atom stereocenters. The molecule has 1 fully saturated rings. The molecule has 0 bridgehead atoms. The van der Waals surface area contributed by atoms with E-state index in [4.69, 9.17) is 11.5 Å². The van der Waals surface area contributed by atoms with Crippen molar-refractivity contribution in [1.82, 2.24) is 24.5 Å². The monoisotopic (exact) mass is 377 g/mol. The minimum absolute atomic E-state index is 0.0131. The molecule has 0 saturated carbocycles. The molecule has 3 heterocycles. The van der Waals surface area contributed by atoms with E-state index in [9.17, 15) is 13.2 Å². The van der Waals surface area contributed by atoms with Gasteiger partial charge in [0.15, 0.2) is 17.5 Å². The molecule has 142 valence electrons. The van der Waals surface area contributed by atoms with Crippen LogP contribution in [0.1, 0.15) is 24.2 Å². The minimum Gasteiger partial charge on any atom is -0.383 e. The van der Waals surface area contributed by atoms with Crippen LogP contribution >= 0.6 is 0 Å². The van der Waals surface area contributed by atoms with E-state index in [0.29, 0.717) is 30.4 Å². The lowest BCUT2D eigenvalue weighted by Gasteiger charge is -2.24. The molecule has 1 aromatic carbocycles. The minimum atomic E-state index is -1.14. The van der Waals surface area contributed by atoms with Gasteiger partial charge in [-0.25, -0.2) is 13.2 Å². The molecule has 0 amide bonds. The summed E-state index contributed by atoms with van der Waals surface area (Å²) >= 11 is 0. The molecule has 7 nitrogen and oxygen atoms in total. The van der Waals surface area contributed by atoms with Crippen LogP contribution in [0.3, 0.4) is 0 Å². The summed E-state index contributed by atoms with van der Waals surface area (Å²) in [6.45, 7) is 0.640. The molecule has 2 aromatic heterocycles. The van der Waals surface area contributed by atoms with E-state index >= 15 is 0 Å². The second-order valence-corrected chi connectivity index (χ2v) is 6.64. The highest BCUT2D eigenvalue weighted by Gasteiger charge is 2.28. The number of hydrogen-bond donors (Lipinski definition) is 2. The summed E-state index contributed by atoms with van der Waals surface area (Å²) in [5.74, 6) is -1.56. The first-order valence-corrected chi connectivity index (χ1v) is 8.56. The van der Waals surface area contributed by atoms with Gasteiger partial charge in [0.2, 0.25) is 0 Å². The smallest absolute Gasteiger partial charge is 0.256 e. The van der Waals surface area contributed by atoms with Crippen LogP contribution in [0.2, 0.25) is 0 Å². The topological polar surface area (TPSA) is 98.4 Å². The van der Waals surface area contributed by atoms with Crippen molar-refractivity contribution in [3.05, 3.63) is 47.0 Å². The van der Waals surface area contributed by atoms with Gasteiger partial charge in [-0.1, -0.05) is 0 Å². The zero-order valence-electron chi connectivity index (χ0n) is 14.4. The number of benzene rings is 1. The van der Waals surface area contributed by atoms with Crippen molar-refractivity contribution in [2.45, 2.75) is 31.8 Å². The van der Waals surface area contributed by atoms with Crippen LogP contribution < -0.4 is 11.5 Å². The quantitative estimate of drug-likeness (QED) is 0.674. The van der Waals surface area contributed by atoms with Crippen LogP contribution in [0.5, 0.6) is 0 Å². The number of likely N-dealkylation sites (tertiary alicyclic amines) is 1. The summed E-state index contributed by atoms with van der Waals surface area (Å²) in [4.78, 5) is 10.3. The summed E-state index contributed by atoms with van der Waals surface area (Å²) in [5.41, 5.74) is 11.3. The van der Waals surface area contributed by atoms with Crippen molar-refractivity contribution in [3.63, 3.8) is 0 Å². The van der Waals surface area contributed by atoms with E-state index in [-0.39, 0.29) is 24.0 Å². The molecular weight excluding hydrogens is 359 g/mol. The van der Waals surface area contributed by atoms with Gasteiger partial charge in [0.25, 0.3) is 5.78 Å². The first-order valence-electron chi connectivity index (χ1n) is 8.56. The van der Waals surface area contributed by atoms with Crippen molar-refractivity contribution in [1.29, 1.82) is 0 Å². The highest BCUT2D eigenvalue weighted by Crippen LogP contribution is 2.25. The molecule has 1 unspecified atom stereocenters. The highest BCUT2D eigenvalue weighted by atomic mass is 19.2. The number of fused-ring (bicyclic) bond motifs is 1. The first kappa shape index (κ1) is 17.5. The lowest BCUT2D eigenvalue weighted by Crippen LogP contribution is -2.31. The maximum atomic E-state index is 14.0. The number of nitrogen functional groups attached to an aromatic ring is 2. The SMILES string of the molecule is Nc1cc(N)n2nc(CC3CCCN3Cc3c(F)ccc(F)c3F)nc2n1. The predicted octanol–water partition coefficient (Wildman–Crippen LogP) is 1.91. The van der Waals surface area contributed by atoms with Crippen molar-refractivity contribution in [2.24, 2.45) is 0 Å². The molecule has 10 heteroatoms. The number of aromatic nitrogens is 4. The van der Waals surface area contributed by atoms with E-state index < -0.39 is 17.5 Å². The second kappa shape index (κ2) is 6.69. The summed E-state index contributed by atoms with van der Waals surface area (Å²) in [6.07, 6.45) is 2.14. The lowest BCUT2D eigenvalue weighted by atomic mass is 10.1. The second-order valence-electron chi connectivity index (χ2n) is 6.64.